The van der Waals surface area contributed by atoms with E-state index in [1.165, 1.54) is 65.5 Å². The van der Waals surface area contributed by atoms with Crippen LogP contribution in [0.25, 0.3) is 54.9 Å². The Balaban J connectivity index is 0.996. The Kier molecular flexibility index (Phi) is 10.8. The van der Waals surface area contributed by atoms with E-state index in [-0.39, 0.29) is 0 Å². The molecule has 0 saturated heterocycles. The molecule has 1 heterocycles. The highest BCUT2D eigenvalue weighted by atomic mass is 32.1. The van der Waals surface area contributed by atoms with Crippen LogP contribution in [0.3, 0.4) is 0 Å². The number of hydrogen-bond donors (Lipinski definition) is 0. The Bertz CT molecular complexity index is 2830. The molecule has 0 aliphatic rings. The van der Waals surface area contributed by atoms with Gasteiger partial charge < -0.3 is 9.80 Å². The number of nitrogens with zero attached hydrogens (tertiary/aromatic N) is 2. The zero-order valence-electron chi connectivity index (χ0n) is 34.5. The van der Waals surface area contributed by atoms with Crippen molar-refractivity contribution in [2.75, 3.05) is 9.80 Å². The van der Waals surface area contributed by atoms with Gasteiger partial charge in [-0.15, -0.1) is 11.3 Å². The number of benzene rings is 9. The lowest BCUT2D eigenvalue weighted by Gasteiger charge is -2.26. The normalized spacial score (nSPS) is 11.0. The van der Waals surface area contributed by atoms with Crippen LogP contribution in [0.15, 0.2) is 249 Å². The second-order valence-electron chi connectivity index (χ2n) is 15.5. The third-order valence-corrected chi connectivity index (χ3v) is 12.7. The summed E-state index contributed by atoms with van der Waals surface area (Å²) in [6.45, 7) is 2.23. The average Bonchev–Trinajstić information content (AvgIpc) is 3.74. The van der Waals surface area contributed by atoms with Crippen LogP contribution in [0.2, 0.25) is 0 Å². The van der Waals surface area contributed by atoms with Gasteiger partial charge in [-0.05, 0) is 129 Å². The summed E-state index contributed by atoms with van der Waals surface area (Å²) < 4.78 is 0. The Morgan fingerprint density at radius 2 is 0.500 bits per heavy atom. The second-order valence-corrected chi connectivity index (χ2v) is 16.5. The van der Waals surface area contributed by atoms with E-state index in [0.29, 0.717) is 0 Å². The van der Waals surface area contributed by atoms with Crippen molar-refractivity contribution >= 4 is 44.8 Å². The molecule has 0 spiro atoms. The molecule has 0 atom stereocenters. The van der Waals surface area contributed by atoms with Crippen molar-refractivity contribution in [1.29, 1.82) is 0 Å². The second kappa shape index (κ2) is 17.5. The van der Waals surface area contributed by atoms with E-state index in [9.17, 15) is 0 Å². The van der Waals surface area contributed by atoms with E-state index >= 15 is 0 Å². The Morgan fingerprint density at radius 1 is 0.258 bits per heavy atom. The minimum atomic E-state index is 1.10. The third-order valence-electron chi connectivity index (χ3n) is 11.4. The standard InChI is InChI=1S/C59H44N2S/c1-43-42-58(61(56-36-26-50(27-37-56)46-18-10-4-11-19-46)57-38-28-51(29-39-57)47-20-12-5-13-21-47)62-59(43)52-30-40-55(41-31-52)60(53-32-22-48(23-33-53)44-14-6-2-7-15-44)54-34-24-49(25-35-54)45-16-8-3-9-17-45/h2-42H,1H3. The molecule has 0 aliphatic heterocycles. The Labute approximate surface area is 368 Å². The zero-order chi connectivity index (χ0) is 41.7. The van der Waals surface area contributed by atoms with Gasteiger partial charge in [-0.2, -0.15) is 0 Å². The fourth-order valence-corrected chi connectivity index (χ4v) is 9.43. The first kappa shape index (κ1) is 38.5. The van der Waals surface area contributed by atoms with Crippen LogP contribution < -0.4 is 9.80 Å². The van der Waals surface area contributed by atoms with Crippen LogP contribution in [-0.4, -0.2) is 0 Å². The van der Waals surface area contributed by atoms with Crippen LogP contribution in [0.1, 0.15) is 5.56 Å². The van der Waals surface area contributed by atoms with E-state index in [1.807, 2.05) is 11.3 Å². The monoisotopic (exact) mass is 812 g/mol. The molecule has 0 unspecified atom stereocenters. The summed E-state index contributed by atoms with van der Waals surface area (Å²) in [4.78, 5) is 5.99. The van der Waals surface area contributed by atoms with Crippen LogP contribution in [0, 0.1) is 6.92 Å². The molecule has 1 aromatic heterocycles. The summed E-state index contributed by atoms with van der Waals surface area (Å²) in [6, 6.07) is 89.3. The van der Waals surface area contributed by atoms with Gasteiger partial charge in [-0.25, -0.2) is 0 Å². The van der Waals surface area contributed by atoms with Gasteiger partial charge in [0.25, 0.3) is 0 Å². The van der Waals surface area contributed by atoms with E-state index in [4.69, 9.17) is 0 Å². The minimum absolute atomic E-state index is 1.10. The highest BCUT2D eigenvalue weighted by Gasteiger charge is 2.19. The third kappa shape index (κ3) is 8.10. The van der Waals surface area contributed by atoms with Crippen molar-refractivity contribution in [3.05, 3.63) is 254 Å². The predicted molar refractivity (Wildman–Crippen MR) is 266 cm³/mol. The van der Waals surface area contributed by atoms with Crippen LogP contribution >= 0.6 is 11.3 Å². The maximum atomic E-state index is 2.39. The lowest BCUT2D eigenvalue weighted by molar-refractivity contribution is 1.28. The Hall–Kier alpha value is -7.72. The summed E-state index contributed by atoms with van der Waals surface area (Å²) >= 11 is 1.83. The van der Waals surface area contributed by atoms with Gasteiger partial charge in [0.05, 0.1) is 0 Å². The number of thiophene rings is 1. The van der Waals surface area contributed by atoms with Gasteiger partial charge in [0.1, 0.15) is 5.00 Å². The van der Waals surface area contributed by atoms with Gasteiger partial charge in [-0.3, -0.25) is 0 Å². The van der Waals surface area contributed by atoms with Gasteiger partial charge in [-0.1, -0.05) is 182 Å². The Morgan fingerprint density at radius 3 is 0.790 bits per heavy atom. The van der Waals surface area contributed by atoms with Crippen LogP contribution in [0.5, 0.6) is 0 Å². The van der Waals surface area contributed by atoms with E-state index in [2.05, 4.69) is 265 Å². The van der Waals surface area contributed by atoms with Crippen molar-refractivity contribution < 1.29 is 0 Å². The molecule has 0 N–H and O–H groups in total. The molecule has 296 valence electrons. The number of hydrogen-bond acceptors (Lipinski definition) is 3. The van der Waals surface area contributed by atoms with E-state index in [0.717, 1.165) is 28.4 Å². The number of rotatable bonds is 11. The van der Waals surface area contributed by atoms with Crippen molar-refractivity contribution in [3.8, 4) is 54.9 Å². The lowest BCUT2D eigenvalue weighted by Crippen LogP contribution is -2.09. The van der Waals surface area contributed by atoms with Crippen molar-refractivity contribution in [2.24, 2.45) is 0 Å². The van der Waals surface area contributed by atoms with Crippen molar-refractivity contribution in [1.82, 2.24) is 0 Å². The number of aryl methyl sites for hydroxylation is 1. The van der Waals surface area contributed by atoms with Gasteiger partial charge in [0, 0.05) is 33.3 Å². The number of anilines is 6. The first-order chi connectivity index (χ1) is 30.6. The first-order valence-corrected chi connectivity index (χ1v) is 21.9. The molecule has 0 bridgehead atoms. The highest BCUT2D eigenvalue weighted by Crippen LogP contribution is 2.46. The summed E-state index contributed by atoms with van der Waals surface area (Å²) in [6.07, 6.45) is 0. The molecule has 2 nitrogen and oxygen atoms in total. The maximum Gasteiger partial charge on any atom is 0.101 e. The molecule has 0 saturated carbocycles. The molecule has 0 fully saturated rings. The van der Waals surface area contributed by atoms with E-state index in [1.54, 1.807) is 0 Å². The predicted octanol–water partition coefficient (Wildman–Crippen LogP) is 17.3. The molecule has 10 aromatic rings. The molecule has 0 aliphatic carbocycles. The van der Waals surface area contributed by atoms with Gasteiger partial charge in [0.2, 0.25) is 0 Å². The first-order valence-electron chi connectivity index (χ1n) is 21.1. The van der Waals surface area contributed by atoms with Gasteiger partial charge >= 0.3 is 0 Å². The largest absolute Gasteiger partial charge is 0.311 e. The highest BCUT2D eigenvalue weighted by molar-refractivity contribution is 7.19. The van der Waals surface area contributed by atoms with Crippen molar-refractivity contribution in [2.45, 2.75) is 6.92 Å². The summed E-state index contributed by atoms with van der Waals surface area (Å²) in [5.41, 5.74) is 17.6. The molecule has 0 radical (unpaired) electrons. The zero-order valence-corrected chi connectivity index (χ0v) is 35.3. The topological polar surface area (TPSA) is 6.48 Å². The SMILES string of the molecule is Cc1cc(N(c2ccc(-c3ccccc3)cc2)c2ccc(-c3ccccc3)cc2)sc1-c1ccc(N(c2ccc(-c3ccccc3)cc2)c2ccc(-c3ccccc3)cc2)cc1. The molecule has 62 heavy (non-hydrogen) atoms. The molecule has 9 aromatic carbocycles. The van der Waals surface area contributed by atoms with Crippen molar-refractivity contribution in [3.63, 3.8) is 0 Å². The van der Waals surface area contributed by atoms with E-state index < -0.39 is 0 Å². The minimum Gasteiger partial charge on any atom is -0.311 e. The smallest absolute Gasteiger partial charge is 0.101 e. The maximum absolute atomic E-state index is 2.39. The molecular weight excluding hydrogens is 769 g/mol. The average molecular weight is 813 g/mol. The molecule has 3 heteroatoms. The quantitative estimate of drug-likeness (QED) is 0.128. The van der Waals surface area contributed by atoms with Crippen LogP contribution in [-0.2, 0) is 0 Å². The fraction of sp³-hybridized carbons (Fsp3) is 0.0169. The summed E-state index contributed by atoms with van der Waals surface area (Å²) in [5.74, 6) is 0. The summed E-state index contributed by atoms with van der Waals surface area (Å²) in [7, 11) is 0. The fourth-order valence-electron chi connectivity index (χ4n) is 8.21. The molecular formula is C59H44N2S. The summed E-state index contributed by atoms with van der Waals surface area (Å²) in [5, 5.41) is 1.17. The van der Waals surface area contributed by atoms with Gasteiger partial charge in [0.15, 0.2) is 0 Å². The van der Waals surface area contributed by atoms with Crippen LogP contribution in [0.4, 0.5) is 33.4 Å². The molecule has 0 amide bonds. The lowest BCUT2D eigenvalue weighted by atomic mass is 10.0. The molecule has 10 rings (SSSR count).